The lowest BCUT2D eigenvalue weighted by molar-refractivity contribution is 0.153. The highest BCUT2D eigenvalue weighted by molar-refractivity contribution is 5.55. The molecule has 0 aliphatic carbocycles. The summed E-state index contributed by atoms with van der Waals surface area (Å²) in [7, 11) is 1.62. The van der Waals surface area contributed by atoms with Gasteiger partial charge in [-0.05, 0) is 43.0 Å². The van der Waals surface area contributed by atoms with Gasteiger partial charge in [0.1, 0.15) is 30.2 Å². The van der Waals surface area contributed by atoms with Crippen LogP contribution < -0.4 is 4.74 Å². The summed E-state index contributed by atoms with van der Waals surface area (Å²) in [5.41, 5.74) is 3.35. The number of aryl methyl sites for hydroxylation is 1. The molecule has 0 bridgehead atoms. The van der Waals surface area contributed by atoms with Crippen molar-refractivity contribution in [3.8, 4) is 29.7 Å². The van der Waals surface area contributed by atoms with Crippen molar-refractivity contribution in [3.05, 3.63) is 57.9 Å². The van der Waals surface area contributed by atoms with Gasteiger partial charge in [0.15, 0.2) is 0 Å². The van der Waals surface area contributed by atoms with E-state index in [1.807, 2.05) is 24.3 Å². The lowest BCUT2D eigenvalue weighted by Gasteiger charge is -2.05. The number of benzene rings is 1. The quantitative estimate of drug-likeness (QED) is 0.635. The molecule has 0 atom stereocenters. The van der Waals surface area contributed by atoms with Crippen molar-refractivity contribution in [2.24, 2.45) is 0 Å². The average Bonchev–Trinajstić information content (AvgIpc) is 2.62. The van der Waals surface area contributed by atoms with E-state index in [-0.39, 0.29) is 6.61 Å². The van der Waals surface area contributed by atoms with E-state index >= 15 is 0 Å². The summed E-state index contributed by atoms with van der Waals surface area (Å²) in [6.07, 6.45) is 0. The summed E-state index contributed by atoms with van der Waals surface area (Å²) in [5.74, 6) is 6.53. The van der Waals surface area contributed by atoms with Crippen LogP contribution in [0.25, 0.3) is 0 Å². The zero-order valence-corrected chi connectivity index (χ0v) is 14.4. The maximum atomic E-state index is 9.30. The number of rotatable bonds is 4. The second-order valence-electron chi connectivity index (χ2n) is 5.29. The van der Waals surface area contributed by atoms with Gasteiger partial charge in [-0.25, -0.2) is 4.98 Å². The minimum Gasteiger partial charge on any atom is -0.497 e. The Bertz CT molecular complexity index is 908. The third-order valence-electron chi connectivity index (χ3n) is 3.66. The highest BCUT2D eigenvalue weighted by atomic mass is 16.5. The molecule has 25 heavy (non-hydrogen) atoms. The van der Waals surface area contributed by atoms with E-state index in [2.05, 4.69) is 29.0 Å². The molecule has 0 fully saturated rings. The molecule has 0 amide bonds. The molecular formula is C20H17N3O2. The maximum absolute atomic E-state index is 9.30. The molecule has 5 heteroatoms. The first-order valence-corrected chi connectivity index (χ1v) is 7.61. The van der Waals surface area contributed by atoms with Crippen LogP contribution in [0.5, 0.6) is 5.75 Å². The zero-order chi connectivity index (χ0) is 18.2. The number of ether oxygens (including phenoxy) is 2. The molecule has 1 aromatic heterocycles. The highest BCUT2D eigenvalue weighted by Crippen LogP contribution is 2.18. The first kappa shape index (κ1) is 18.0. The van der Waals surface area contributed by atoms with Crippen LogP contribution in [0, 0.1) is 48.4 Å². The number of nitrogens with zero attached hydrogens (tertiary/aromatic N) is 3. The molecule has 0 saturated carbocycles. The first-order valence-electron chi connectivity index (χ1n) is 7.61. The zero-order valence-electron chi connectivity index (χ0n) is 14.4. The topological polar surface area (TPSA) is 78.9 Å². The fourth-order valence-electron chi connectivity index (χ4n) is 2.31. The Morgan fingerprint density at radius 1 is 1.04 bits per heavy atom. The van der Waals surface area contributed by atoms with Crippen LogP contribution in [0.15, 0.2) is 24.3 Å². The minimum atomic E-state index is 0.219. The van der Waals surface area contributed by atoms with Gasteiger partial charge in [0.2, 0.25) is 0 Å². The third-order valence-corrected chi connectivity index (χ3v) is 3.66. The van der Waals surface area contributed by atoms with Crippen molar-refractivity contribution in [3.63, 3.8) is 0 Å². The summed E-state index contributed by atoms with van der Waals surface area (Å²) in [5, 5.41) is 18.4. The van der Waals surface area contributed by atoms with Crippen molar-refractivity contribution in [2.45, 2.75) is 20.5 Å². The molecule has 0 aliphatic heterocycles. The van der Waals surface area contributed by atoms with Gasteiger partial charge >= 0.3 is 0 Å². The molecule has 0 saturated heterocycles. The lowest BCUT2D eigenvalue weighted by atomic mass is 10.0. The Labute approximate surface area is 147 Å². The highest BCUT2D eigenvalue weighted by Gasteiger charge is 2.13. The van der Waals surface area contributed by atoms with Crippen molar-refractivity contribution >= 4 is 0 Å². The van der Waals surface area contributed by atoms with Crippen LogP contribution in [0.1, 0.15) is 33.6 Å². The van der Waals surface area contributed by atoms with Crippen LogP contribution in [-0.2, 0) is 11.3 Å². The number of aromatic nitrogens is 1. The van der Waals surface area contributed by atoms with E-state index in [1.165, 1.54) is 0 Å². The standard InChI is InChI=1S/C20H17N3O2/c1-14-18(11-21)15(2)23-20(19(14)12-22)5-4-10-25-13-16-6-8-17(24-3)9-7-16/h6-9H,10,13H2,1-3H3. The van der Waals surface area contributed by atoms with Crippen LogP contribution in [-0.4, -0.2) is 18.7 Å². The Balaban J connectivity index is 2.04. The van der Waals surface area contributed by atoms with Crippen molar-refractivity contribution in [1.29, 1.82) is 10.5 Å². The number of hydrogen-bond donors (Lipinski definition) is 0. The average molecular weight is 331 g/mol. The Morgan fingerprint density at radius 2 is 1.72 bits per heavy atom. The number of hydrogen-bond acceptors (Lipinski definition) is 5. The largest absolute Gasteiger partial charge is 0.497 e. The van der Waals surface area contributed by atoms with Gasteiger partial charge in [0.25, 0.3) is 0 Å². The molecule has 2 rings (SSSR count). The number of nitriles is 2. The third kappa shape index (κ3) is 4.36. The molecule has 124 valence electrons. The van der Waals surface area contributed by atoms with Crippen LogP contribution in [0.4, 0.5) is 0 Å². The molecule has 0 unspecified atom stereocenters. The summed E-state index contributed by atoms with van der Waals surface area (Å²) in [6.45, 7) is 4.12. The molecule has 1 aromatic carbocycles. The second-order valence-corrected chi connectivity index (χ2v) is 5.29. The first-order chi connectivity index (χ1) is 12.1. The minimum absolute atomic E-state index is 0.219. The summed E-state index contributed by atoms with van der Waals surface area (Å²) >= 11 is 0. The normalized spacial score (nSPS) is 9.48. The fourth-order valence-corrected chi connectivity index (χ4v) is 2.31. The molecule has 0 N–H and O–H groups in total. The predicted octanol–water partition coefficient (Wildman–Crippen LogP) is 3.02. The van der Waals surface area contributed by atoms with Crippen molar-refractivity contribution < 1.29 is 9.47 Å². The van der Waals surface area contributed by atoms with E-state index in [0.717, 1.165) is 11.3 Å². The van der Waals surface area contributed by atoms with E-state index < -0.39 is 0 Å². The monoisotopic (exact) mass is 331 g/mol. The van der Waals surface area contributed by atoms with Crippen LogP contribution >= 0.6 is 0 Å². The predicted molar refractivity (Wildman–Crippen MR) is 92.7 cm³/mol. The van der Waals surface area contributed by atoms with Gasteiger partial charge in [0, 0.05) is 0 Å². The molecule has 1 heterocycles. The molecule has 2 aromatic rings. The van der Waals surface area contributed by atoms with Gasteiger partial charge < -0.3 is 9.47 Å². The summed E-state index contributed by atoms with van der Waals surface area (Å²) in [4.78, 5) is 4.26. The summed E-state index contributed by atoms with van der Waals surface area (Å²) in [6, 6.07) is 11.7. The maximum Gasteiger partial charge on any atom is 0.131 e. The fraction of sp³-hybridized carbons (Fsp3) is 0.250. The van der Waals surface area contributed by atoms with Crippen molar-refractivity contribution in [2.75, 3.05) is 13.7 Å². The molecule has 0 spiro atoms. The molecule has 0 aliphatic rings. The van der Waals surface area contributed by atoms with Gasteiger partial charge in [0.05, 0.1) is 30.5 Å². The molecular weight excluding hydrogens is 314 g/mol. The Morgan fingerprint density at radius 3 is 2.32 bits per heavy atom. The molecule has 5 nitrogen and oxygen atoms in total. The van der Waals surface area contributed by atoms with E-state index in [9.17, 15) is 5.26 Å². The summed E-state index contributed by atoms with van der Waals surface area (Å²) < 4.78 is 10.6. The van der Waals surface area contributed by atoms with Gasteiger partial charge in [-0.1, -0.05) is 18.1 Å². The second kappa shape index (κ2) is 8.50. The van der Waals surface area contributed by atoms with Gasteiger partial charge in [-0.15, -0.1) is 0 Å². The van der Waals surface area contributed by atoms with Crippen LogP contribution in [0.3, 0.4) is 0 Å². The van der Waals surface area contributed by atoms with E-state index in [0.29, 0.717) is 34.7 Å². The van der Waals surface area contributed by atoms with Crippen molar-refractivity contribution in [1.82, 2.24) is 4.98 Å². The SMILES string of the molecule is COc1ccc(COCC#Cc2nc(C)c(C#N)c(C)c2C#N)cc1. The van der Waals surface area contributed by atoms with E-state index in [4.69, 9.17) is 14.7 Å². The Kier molecular flexibility index (Phi) is 6.13. The van der Waals surface area contributed by atoms with Crippen LogP contribution in [0.2, 0.25) is 0 Å². The van der Waals surface area contributed by atoms with Gasteiger partial charge in [-0.2, -0.15) is 10.5 Å². The molecule has 0 radical (unpaired) electrons. The lowest BCUT2D eigenvalue weighted by Crippen LogP contribution is -2.01. The van der Waals surface area contributed by atoms with Gasteiger partial charge in [-0.3, -0.25) is 0 Å². The van der Waals surface area contributed by atoms with E-state index in [1.54, 1.807) is 21.0 Å². The smallest absolute Gasteiger partial charge is 0.131 e. The number of pyridine rings is 1. The Hall–Kier alpha value is -3.33. The number of methoxy groups -OCH3 is 1.